The highest BCUT2D eigenvalue weighted by molar-refractivity contribution is 6.77. The minimum Gasteiger partial charge on any atom is -0.497 e. The van der Waals surface area contributed by atoms with E-state index in [-0.39, 0.29) is 48.6 Å². The molecular weight excluding hydrogens is 767 g/mol. The Hall–Kier alpha value is -2.33. The van der Waals surface area contributed by atoms with Crippen LogP contribution in [0, 0.1) is 5.41 Å². The number of methoxy groups -OCH3 is 1. The van der Waals surface area contributed by atoms with E-state index in [0.29, 0.717) is 73.3 Å². The van der Waals surface area contributed by atoms with E-state index >= 15 is 0 Å². The number of esters is 1. The number of aromatic nitrogens is 1. The smallest absolute Gasteiger partial charge is 0.311 e. The Balaban J connectivity index is 1.75. The van der Waals surface area contributed by atoms with Crippen LogP contribution in [0.4, 0.5) is 0 Å². The van der Waals surface area contributed by atoms with Crippen molar-refractivity contribution in [1.82, 2.24) is 4.98 Å². The second-order valence-electron chi connectivity index (χ2n) is 20.0. The molecule has 10 nitrogen and oxygen atoms in total. The number of hydrogen-bond donors (Lipinski definition) is 1. The lowest BCUT2D eigenvalue weighted by molar-refractivity contribution is -0.153. The molecule has 2 aromatic rings. The van der Waals surface area contributed by atoms with Gasteiger partial charge < -0.3 is 37.3 Å². The molecule has 5 atom stereocenters. The average molecular weight is 846 g/mol. The molecule has 0 bridgehead atoms. The molecular formula is C46H79NO9Si2. The summed E-state index contributed by atoms with van der Waals surface area (Å²) in [6, 6.07) is 7.78. The third-order valence-corrected chi connectivity index (χ3v) is 22.8. The molecule has 1 aliphatic heterocycles. The summed E-state index contributed by atoms with van der Waals surface area (Å²) in [4.78, 5) is 17.3. The molecule has 12 heteroatoms. The molecule has 1 aliphatic rings. The number of ether oxygens (including phenoxy) is 4. The van der Waals surface area contributed by atoms with Crippen molar-refractivity contribution < 1.29 is 42.1 Å². The summed E-state index contributed by atoms with van der Waals surface area (Å²) in [5.41, 5.74) is 3.37. The number of benzene rings is 1. The molecule has 58 heavy (non-hydrogen) atoms. The van der Waals surface area contributed by atoms with Crippen LogP contribution < -0.4 is 4.74 Å². The first kappa shape index (κ1) is 50.0. The highest BCUT2D eigenvalue weighted by Crippen LogP contribution is 2.46. The fourth-order valence-corrected chi connectivity index (χ4v) is 15.0. The summed E-state index contributed by atoms with van der Waals surface area (Å²) < 4.78 is 43.7. The zero-order chi connectivity index (χ0) is 43.6. The third-order valence-electron chi connectivity index (χ3n) is 12.1. The number of carbonyl (C=O) groups excluding carboxylic acids is 1. The Morgan fingerprint density at radius 2 is 1.57 bits per heavy atom. The molecule has 3 rings (SSSR count). The topological polar surface area (TPSA) is 119 Å². The maximum Gasteiger partial charge on any atom is 0.311 e. The van der Waals surface area contributed by atoms with Gasteiger partial charge in [0.2, 0.25) is 14.2 Å². The van der Waals surface area contributed by atoms with Crippen LogP contribution in [0.25, 0.3) is 0 Å². The summed E-state index contributed by atoms with van der Waals surface area (Å²) in [7, 11) is -2.71. The van der Waals surface area contributed by atoms with Crippen LogP contribution in [0.5, 0.6) is 5.75 Å². The van der Waals surface area contributed by atoms with Gasteiger partial charge in [0, 0.05) is 12.8 Å². The number of carbonyl (C=O) groups is 1. The van der Waals surface area contributed by atoms with Crippen molar-refractivity contribution >= 4 is 22.6 Å². The Morgan fingerprint density at radius 1 is 0.948 bits per heavy atom. The Labute approximate surface area is 353 Å². The van der Waals surface area contributed by atoms with Gasteiger partial charge in [0.25, 0.3) is 0 Å². The van der Waals surface area contributed by atoms with Crippen LogP contribution in [0.2, 0.25) is 34.8 Å². The predicted molar refractivity (Wildman–Crippen MR) is 237 cm³/mol. The van der Waals surface area contributed by atoms with E-state index in [9.17, 15) is 9.90 Å². The predicted octanol–water partition coefficient (Wildman–Crippen LogP) is 11.6. The van der Waals surface area contributed by atoms with Crippen molar-refractivity contribution in [1.29, 1.82) is 0 Å². The summed E-state index contributed by atoms with van der Waals surface area (Å²) >= 11 is 0. The van der Waals surface area contributed by atoms with Crippen LogP contribution in [0.1, 0.15) is 145 Å². The van der Waals surface area contributed by atoms with Crippen molar-refractivity contribution in [2.24, 2.45) is 5.41 Å². The summed E-state index contributed by atoms with van der Waals surface area (Å²) in [5, 5.41) is 11.6. The largest absolute Gasteiger partial charge is 0.497 e. The van der Waals surface area contributed by atoms with Crippen molar-refractivity contribution in [3.63, 3.8) is 0 Å². The van der Waals surface area contributed by atoms with E-state index in [4.69, 9.17) is 37.2 Å². The molecule has 0 saturated carbocycles. The van der Waals surface area contributed by atoms with Crippen LogP contribution in [0.3, 0.4) is 0 Å². The fourth-order valence-electron chi connectivity index (χ4n) is 8.05. The number of oxazole rings is 1. The maximum absolute atomic E-state index is 12.5. The normalized spacial score (nSPS) is 19.5. The van der Waals surface area contributed by atoms with Crippen LogP contribution >= 0.6 is 0 Å². The van der Waals surface area contributed by atoms with E-state index in [1.807, 2.05) is 45.0 Å². The first-order valence-corrected chi connectivity index (χ1v) is 26.6. The van der Waals surface area contributed by atoms with E-state index < -0.39 is 28.2 Å². The van der Waals surface area contributed by atoms with E-state index in [2.05, 4.69) is 82.0 Å². The molecule has 0 unspecified atom stereocenters. The zero-order valence-electron chi connectivity index (χ0n) is 38.7. The average Bonchev–Trinajstić information content (AvgIpc) is 3.58. The molecule has 0 amide bonds. The first-order chi connectivity index (χ1) is 26.9. The van der Waals surface area contributed by atoms with E-state index in [1.54, 1.807) is 13.4 Å². The van der Waals surface area contributed by atoms with E-state index in [0.717, 1.165) is 16.9 Å². The number of hydrogen-bond acceptors (Lipinski definition) is 10. The number of aliphatic hydroxyl groups is 1. The van der Waals surface area contributed by atoms with Crippen LogP contribution in [-0.4, -0.2) is 70.8 Å². The monoisotopic (exact) mass is 846 g/mol. The van der Waals surface area contributed by atoms with Gasteiger partial charge in [0.15, 0.2) is 8.32 Å². The molecule has 1 aromatic heterocycles. The molecule has 0 spiro atoms. The summed E-state index contributed by atoms with van der Waals surface area (Å²) in [6.07, 6.45) is 3.49. The quantitative estimate of drug-likeness (QED) is 0.0697. The van der Waals surface area contributed by atoms with Gasteiger partial charge in [-0.25, -0.2) is 4.98 Å². The molecule has 1 saturated heterocycles. The number of rotatable bonds is 22. The maximum atomic E-state index is 12.5. The molecule has 0 aliphatic carbocycles. The number of aliphatic hydroxyl groups excluding tert-OH is 1. The standard InChI is InChI=1S/C46H79NO9Si2/c1-31(2)58(32(3)4,33(5)6)56-40-26-39(54-42(27-40)41-29-53-43(47-41)30-51-28-35-17-19-37(50-14)20-18-35)25-36(48)23-34(7)24-38(55-57(15,16)46(11,12)13)21-22-52-44(49)45(8,9)10/h17-20,29,31-33,36,38-40,42,48H,7,21-28,30H2,1-6,8-16H3/t36-,38+,39-,40-,42-/m1/s1. The fraction of sp³-hybridized carbons (Fsp3) is 0.739. The van der Waals surface area contributed by atoms with Gasteiger partial charge in [-0.1, -0.05) is 86.6 Å². The Bertz CT molecular complexity index is 1540. The molecule has 330 valence electrons. The minimum atomic E-state index is -2.22. The highest BCUT2D eigenvalue weighted by atomic mass is 28.4. The van der Waals surface area contributed by atoms with Gasteiger partial charge in [0.05, 0.1) is 50.2 Å². The summed E-state index contributed by atoms with van der Waals surface area (Å²) in [5.74, 6) is 1.06. The Kier molecular flexibility index (Phi) is 18.5. The molecule has 0 radical (unpaired) electrons. The lowest BCUT2D eigenvalue weighted by Gasteiger charge is -2.47. The van der Waals surface area contributed by atoms with Gasteiger partial charge in [-0.2, -0.15) is 0 Å². The second kappa shape index (κ2) is 21.5. The third kappa shape index (κ3) is 14.4. The molecule has 1 aromatic carbocycles. The van der Waals surface area contributed by atoms with Gasteiger partial charge in [0.1, 0.15) is 30.4 Å². The Morgan fingerprint density at radius 3 is 2.12 bits per heavy atom. The molecule has 1 fully saturated rings. The second-order valence-corrected chi connectivity index (χ2v) is 30.2. The highest BCUT2D eigenvalue weighted by Gasteiger charge is 2.48. The van der Waals surface area contributed by atoms with Crippen molar-refractivity contribution in [2.75, 3.05) is 13.7 Å². The van der Waals surface area contributed by atoms with Gasteiger partial charge in [-0.15, -0.1) is 0 Å². The van der Waals surface area contributed by atoms with Gasteiger partial charge >= 0.3 is 5.97 Å². The zero-order valence-corrected chi connectivity index (χ0v) is 40.7. The summed E-state index contributed by atoms with van der Waals surface area (Å²) in [6.45, 7) is 35.9. The van der Waals surface area contributed by atoms with Crippen molar-refractivity contribution in [3.8, 4) is 5.75 Å². The minimum absolute atomic E-state index is 0.0116. The SMILES string of the molecule is C=C(C[C@@H](O)C[C@@H]1C[C@@H](O[Si](C(C)C)(C(C)C)C(C)C)C[C@H](c2coc(COCc3ccc(OC)cc3)n2)O1)C[C@H](CCOC(=O)C(C)(C)C)O[Si](C)(C)C(C)(C)C. The lowest BCUT2D eigenvalue weighted by atomic mass is 9.93. The van der Waals surface area contributed by atoms with Crippen molar-refractivity contribution in [2.45, 2.75) is 200 Å². The van der Waals surface area contributed by atoms with Gasteiger partial charge in [-0.3, -0.25) is 4.79 Å². The van der Waals surface area contributed by atoms with E-state index in [1.165, 1.54) is 0 Å². The lowest BCUT2D eigenvalue weighted by Crippen LogP contribution is -2.52. The molecule has 2 heterocycles. The van der Waals surface area contributed by atoms with Crippen LogP contribution in [-0.2, 0) is 41.1 Å². The van der Waals surface area contributed by atoms with Gasteiger partial charge in [-0.05, 0) is 98.9 Å². The first-order valence-electron chi connectivity index (χ1n) is 21.6. The van der Waals surface area contributed by atoms with Crippen molar-refractivity contribution in [3.05, 3.63) is 59.8 Å². The number of nitrogens with zero attached hydrogens (tertiary/aromatic N) is 1. The molecule has 1 N–H and O–H groups in total. The van der Waals surface area contributed by atoms with Crippen LogP contribution in [0.15, 0.2) is 47.1 Å².